The standard InChI is InChI=1S/C30H48O4/c1-18(2)8-10-23(31)19(3)20-12-16-29(6)22-9-11-24-27(4,21(22)13-17-28(20,29)5)15-14-25(32)30(24,7)26(33)34/h8,19-20,23-25,31-32H,9-17H2,1-7H3,(H,33,34)/t19-,20-,23-,24+,25+,27-,28-,29+,30+/m1/s1. The molecule has 9 atom stereocenters. The maximum absolute atomic E-state index is 12.4. The molecule has 4 aliphatic carbocycles. The zero-order chi connectivity index (χ0) is 25.3. The van der Waals surface area contributed by atoms with E-state index in [1.807, 2.05) is 0 Å². The van der Waals surface area contributed by atoms with Crippen molar-refractivity contribution in [2.24, 2.45) is 39.4 Å². The highest BCUT2D eigenvalue weighted by Gasteiger charge is 2.65. The van der Waals surface area contributed by atoms with Gasteiger partial charge in [0.2, 0.25) is 0 Å². The van der Waals surface area contributed by atoms with E-state index in [-0.39, 0.29) is 34.2 Å². The second-order valence-electron chi connectivity index (χ2n) is 13.4. The molecule has 34 heavy (non-hydrogen) atoms. The molecule has 0 aliphatic heterocycles. The van der Waals surface area contributed by atoms with Gasteiger partial charge < -0.3 is 15.3 Å². The number of hydrogen-bond acceptors (Lipinski definition) is 3. The predicted molar refractivity (Wildman–Crippen MR) is 136 cm³/mol. The Morgan fingerprint density at radius 2 is 1.71 bits per heavy atom. The van der Waals surface area contributed by atoms with E-state index in [2.05, 4.69) is 47.6 Å². The lowest BCUT2D eigenvalue weighted by molar-refractivity contribution is -0.175. The average Bonchev–Trinajstić information content (AvgIpc) is 3.05. The number of carboxylic acid groups (broad SMARTS) is 1. The first-order valence-corrected chi connectivity index (χ1v) is 13.7. The number of carbonyl (C=O) groups is 1. The largest absolute Gasteiger partial charge is 0.481 e. The van der Waals surface area contributed by atoms with Gasteiger partial charge in [-0.15, -0.1) is 0 Å². The van der Waals surface area contributed by atoms with E-state index in [4.69, 9.17) is 0 Å². The molecule has 0 bridgehead atoms. The number of hydrogen-bond donors (Lipinski definition) is 3. The van der Waals surface area contributed by atoms with Crippen LogP contribution in [0.2, 0.25) is 0 Å². The fraction of sp³-hybridized carbons (Fsp3) is 0.833. The van der Waals surface area contributed by atoms with Gasteiger partial charge >= 0.3 is 5.97 Å². The van der Waals surface area contributed by atoms with Gasteiger partial charge in [-0.05, 0) is 113 Å². The Hall–Kier alpha value is -1.13. The summed E-state index contributed by atoms with van der Waals surface area (Å²) in [5.41, 5.74) is 3.45. The second-order valence-corrected chi connectivity index (χ2v) is 13.4. The Morgan fingerprint density at radius 3 is 2.32 bits per heavy atom. The van der Waals surface area contributed by atoms with Crippen molar-refractivity contribution < 1.29 is 20.1 Å². The number of aliphatic carboxylic acids is 1. The normalized spacial score (nSPS) is 45.6. The Kier molecular flexibility index (Phi) is 6.47. The number of carboxylic acids is 1. The molecular formula is C30H48O4. The lowest BCUT2D eigenvalue weighted by Gasteiger charge is -2.61. The third kappa shape index (κ3) is 3.41. The second kappa shape index (κ2) is 8.47. The maximum Gasteiger partial charge on any atom is 0.312 e. The van der Waals surface area contributed by atoms with Gasteiger partial charge in [0.1, 0.15) is 0 Å². The van der Waals surface area contributed by atoms with E-state index in [0.29, 0.717) is 12.3 Å². The first-order chi connectivity index (χ1) is 15.7. The van der Waals surface area contributed by atoms with Gasteiger partial charge in [0.25, 0.3) is 0 Å². The summed E-state index contributed by atoms with van der Waals surface area (Å²) in [4.78, 5) is 12.4. The molecule has 4 rings (SSSR count). The average molecular weight is 473 g/mol. The van der Waals surface area contributed by atoms with Crippen LogP contribution >= 0.6 is 0 Å². The van der Waals surface area contributed by atoms with Crippen molar-refractivity contribution in [3.63, 3.8) is 0 Å². The highest BCUT2D eigenvalue weighted by Crippen LogP contribution is 2.72. The summed E-state index contributed by atoms with van der Waals surface area (Å²) < 4.78 is 0. The summed E-state index contributed by atoms with van der Waals surface area (Å²) in [6.07, 6.45) is 9.54. The van der Waals surface area contributed by atoms with Crippen molar-refractivity contribution >= 4 is 5.97 Å². The fourth-order valence-electron chi connectivity index (χ4n) is 9.39. The number of aliphatic hydroxyl groups excluding tert-OH is 2. The highest BCUT2D eigenvalue weighted by atomic mass is 16.4. The molecule has 0 saturated heterocycles. The molecule has 3 N–H and O–H groups in total. The van der Waals surface area contributed by atoms with E-state index < -0.39 is 17.5 Å². The molecule has 0 aromatic heterocycles. The number of allylic oxidation sites excluding steroid dienone is 3. The summed E-state index contributed by atoms with van der Waals surface area (Å²) in [6, 6.07) is 0. The molecule has 0 heterocycles. The SMILES string of the molecule is CC(C)=CC[C@@H](O)[C@H](C)[C@H]1CC[C@@]2(C)C3=C(CC[C@]12C)[C@@]1(C)CC[C@H](O)[C@@](C)(C(=O)O)[C@H]1CC3. The van der Waals surface area contributed by atoms with Crippen LogP contribution in [0.4, 0.5) is 0 Å². The van der Waals surface area contributed by atoms with Crippen LogP contribution < -0.4 is 0 Å². The first-order valence-electron chi connectivity index (χ1n) is 13.7. The molecule has 0 aromatic carbocycles. The van der Waals surface area contributed by atoms with Crippen molar-refractivity contribution in [2.45, 2.75) is 118 Å². The molecule has 0 radical (unpaired) electrons. The Balaban J connectivity index is 1.69. The van der Waals surface area contributed by atoms with Crippen LogP contribution in [0, 0.1) is 39.4 Å². The van der Waals surface area contributed by atoms with E-state index in [1.54, 1.807) is 12.5 Å². The fourth-order valence-corrected chi connectivity index (χ4v) is 9.39. The zero-order valence-corrected chi connectivity index (χ0v) is 22.6. The van der Waals surface area contributed by atoms with Crippen LogP contribution in [-0.2, 0) is 4.79 Å². The van der Waals surface area contributed by atoms with E-state index in [1.165, 1.54) is 11.1 Å². The molecular weight excluding hydrogens is 424 g/mol. The Bertz CT molecular complexity index is 899. The predicted octanol–water partition coefficient (Wildman–Crippen LogP) is 6.51. The van der Waals surface area contributed by atoms with Gasteiger partial charge in [0.15, 0.2) is 0 Å². The minimum absolute atomic E-state index is 0.0185. The lowest BCUT2D eigenvalue weighted by Crippen LogP contribution is -2.58. The minimum Gasteiger partial charge on any atom is -0.481 e. The highest BCUT2D eigenvalue weighted by molar-refractivity contribution is 5.76. The Morgan fingerprint density at radius 1 is 1.03 bits per heavy atom. The van der Waals surface area contributed by atoms with Crippen LogP contribution in [0.5, 0.6) is 0 Å². The molecule has 2 fully saturated rings. The van der Waals surface area contributed by atoms with E-state index in [9.17, 15) is 20.1 Å². The van der Waals surface area contributed by atoms with E-state index >= 15 is 0 Å². The van der Waals surface area contributed by atoms with Crippen LogP contribution in [0.3, 0.4) is 0 Å². The van der Waals surface area contributed by atoms with Crippen LogP contribution in [-0.4, -0.2) is 33.5 Å². The van der Waals surface area contributed by atoms with Gasteiger partial charge in [-0.25, -0.2) is 0 Å². The quantitative estimate of drug-likeness (QED) is 0.398. The molecule has 0 unspecified atom stereocenters. The first kappa shape index (κ1) is 25.9. The maximum atomic E-state index is 12.4. The number of rotatable bonds is 5. The van der Waals surface area contributed by atoms with Gasteiger partial charge in [0.05, 0.1) is 17.6 Å². The van der Waals surface area contributed by atoms with Crippen molar-refractivity contribution in [3.8, 4) is 0 Å². The molecule has 0 aromatic rings. The van der Waals surface area contributed by atoms with Crippen LogP contribution in [0.1, 0.15) is 106 Å². The Labute approximate surface area is 206 Å². The number of fused-ring (bicyclic) bond motifs is 4. The molecule has 2 saturated carbocycles. The molecule has 0 amide bonds. The van der Waals surface area contributed by atoms with Gasteiger partial charge in [0, 0.05) is 0 Å². The summed E-state index contributed by atoms with van der Waals surface area (Å²) in [5.74, 6) is -0.103. The third-order valence-electron chi connectivity index (χ3n) is 11.9. The zero-order valence-electron chi connectivity index (χ0n) is 22.6. The van der Waals surface area contributed by atoms with E-state index in [0.717, 1.165) is 51.4 Å². The van der Waals surface area contributed by atoms with Crippen molar-refractivity contribution in [3.05, 3.63) is 22.8 Å². The topological polar surface area (TPSA) is 77.8 Å². The summed E-state index contributed by atoms with van der Waals surface area (Å²) in [7, 11) is 0. The minimum atomic E-state index is -1.07. The van der Waals surface area contributed by atoms with Crippen molar-refractivity contribution in [2.75, 3.05) is 0 Å². The summed E-state index contributed by atoms with van der Waals surface area (Å²) in [6.45, 7) is 15.5. The van der Waals surface area contributed by atoms with Crippen LogP contribution in [0.15, 0.2) is 22.8 Å². The molecule has 0 spiro atoms. The molecule has 4 nitrogen and oxygen atoms in total. The molecule has 4 aliphatic rings. The van der Waals surface area contributed by atoms with Crippen molar-refractivity contribution in [1.82, 2.24) is 0 Å². The van der Waals surface area contributed by atoms with Gasteiger partial charge in [-0.1, -0.05) is 50.5 Å². The third-order valence-corrected chi connectivity index (χ3v) is 11.9. The van der Waals surface area contributed by atoms with Crippen LogP contribution in [0.25, 0.3) is 0 Å². The van der Waals surface area contributed by atoms with Gasteiger partial charge in [-0.3, -0.25) is 4.79 Å². The molecule has 4 heteroatoms. The summed E-state index contributed by atoms with van der Waals surface area (Å²) >= 11 is 0. The monoisotopic (exact) mass is 472 g/mol. The summed E-state index contributed by atoms with van der Waals surface area (Å²) in [5, 5.41) is 32.0. The smallest absolute Gasteiger partial charge is 0.312 e. The lowest BCUT2D eigenvalue weighted by atomic mass is 9.43. The number of aliphatic hydroxyl groups is 2. The van der Waals surface area contributed by atoms with Crippen molar-refractivity contribution in [1.29, 1.82) is 0 Å². The molecule has 192 valence electrons. The van der Waals surface area contributed by atoms with Gasteiger partial charge in [-0.2, -0.15) is 0 Å².